The van der Waals surface area contributed by atoms with Gasteiger partial charge in [-0.15, -0.1) is 0 Å². The van der Waals surface area contributed by atoms with Crippen LogP contribution in [0.2, 0.25) is 0 Å². The zero-order valence-electron chi connectivity index (χ0n) is 10.7. The molecular weight excluding hydrogens is 226 g/mol. The normalized spacial score (nSPS) is 10.3. The van der Waals surface area contributed by atoms with Crippen LogP contribution in [0.15, 0.2) is 41.0 Å². The SMILES string of the molecule is Cc1ccc(C(=O)NCCc2ccco2)cc1C. The highest BCUT2D eigenvalue weighted by Crippen LogP contribution is 2.09. The first-order valence-corrected chi connectivity index (χ1v) is 6.04. The molecule has 2 rings (SSSR count). The molecule has 18 heavy (non-hydrogen) atoms. The van der Waals surface area contributed by atoms with Crippen LogP contribution in [0.3, 0.4) is 0 Å². The van der Waals surface area contributed by atoms with E-state index in [-0.39, 0.29) is 5.91 Å². The number of carbonyl (C=O) groups is 1. The van der Waals surface area contributed by atoms with Gasteiger partial charge in [0, 0.05) is 18.5 Å². The van der Waals surface area contributed by atoms with Gasteiger partial charge in [0.05, 0.1) is 6.26 Å². The highest BCUT2D eigenvalue weighted by molar-refractivity contribution is 5.94. The Hall–Kier alpha value is -2.03. The average molecular weight is 243 g/mol. The molecule has 0 fully saturated rings. The smallest absolute Gasteiger partial charge is 0.251 e. The van der Waals surface area contributed by atoms with E-state index in [0.717, 1.165) is 11.3 Å². The summed E-state index contributed by atoms with van der Waals surface area (Å²) in [6, 6.07) is 9.49. The fourth-order valence-corrected chi connectivity index (χ4v) is 1.74. The van der Waals surface area contributed by atoms with Crippen molar-refractivity contribution in [1.82, 2.24) is 5.32 Å². The summed E-state index contributed by atoms with van der Waals surface area (Å²) < 4.78 is 5.20. The third-order valence-electron chi connectivity index (χ3n) is 3.01. The number of carbonyl (C=O) groups excluding carboxylic acids is 1. The molecule has 0 unspecified atom stereocenters. The van der Waals surface area contributed by atoms with E-state index in [1.807, 2.05) is 44.2 Å². The van der Waals surface area contributed by atoms with E-state index in [4.69, 9.17) is 4.42 Å². The number of benzene rings is 1. The lowest BCUT2D eigenvalue weighted by atomic mass is 10.1. The maximum atomic E-state index is 11.9. The maximum Gasteiger partial charge on any atom is 0.251 e. The summed E-state index contributed by atoms with van der Waals surface area (Å²) in [7, 11) is 0. The number of hydrogen-bond acceptors (Lipinski definition) is 2. The van der Waals surface area contributed by atoms with Crippen molar-refractivity contribution in [3.63, 3.8) is 0 Å². The van der Waals surface area contributed by atoms with Crippen LogP contribution in [-0.2, 0) is 6.42 Å². The molecule has 0 saturated heterocycles. The van der Waals surface area contributed by atoms with Gasteiger partial charge in [0.25, 0.3) is 5.91 Å². The van der Waals surface area contributed by atoms with Gasteiger partial charge in [-0.05, 0) is 49.2 Å². The first-order valence-electron chi connectivity index (χ1n) is 6.04. The van der Waals surface area contributed by atoms with Crippen LogP contribution < -0.4 is 5.32 Å². The molecule has 0 bridgehead atoms. The number of aryl methyl sites for hydroxylation is 2. The molecule has 1 N–H and O–H groups in total. The van der Waals surface area contributed by atoms with E-state index < -0.39 is 0 Å². The van der Waals surface area contributed by atoms with Gasteiger partial charge in [0.15, 0.2) is 0 Å². The van der Waals surface area contributed by atoms with Crippen LogP contribution in [0.5, 0.6) is 0 Å². The monoisotopic (exact) mass is 243 g/mol. The zero-order chi connectivity index (χ0) is 13.0. The van der Waals surface area contributed by atoms with Crippen molar-refractivity contribution < 1.29 is 9.21 Å². The molecule has 1 heterocycles. The Bertz CT molecular complexity index is 529. The van der Waals surface area contributed by atoms with Crippen molar-refractivity contribution in [1.29, 1.82) is 0 Å². The number of rotatable bonds is 4. The van der Waals surface area contributed by atoms with Crippen LogP contribution in [0.1, 0.15) is 27.2 Å². The van der Waals surface area contributed by atoms with Crippen molar-refractivity contribution in [2.24, 2.45) is 0 Å². The Morgan fingerprint density at radius 2 is 2.06 bits per heavy atom. The van der Waals surface area contributed by atoms with E-state index in [2.05, 4.69) is 5.32 Å². The Labute approximate surface area is 107 Å². The summed E-state index contributed by atoms with van der Waals surface area (Å²) in [6.07, 6.45) is 2.35. The molecular formula is C15H17NO2. The Morgan fingerprint density at radius 3 is 2.72 bits per heavy atom. The van der Waals surface area contributed by atoms with Crippen molar-refractivity contribution >= 4 is 5.91 Å². The van der Waals surface area contributed by atoms with Crippen LogP contribution in [0.25, 0.3) is 0 Å². The lowest BCUT2D eigenvalue weighted by Crippen LogP contribution is -2.25. The van der Waals surface area contributed by atoms with E-state index >= 15 is 0 Å². The van der Waals surface area contributed by atoms with Gasteiger partial charge in [-0.2, -0.15) is 0 Å². The van der Waals surface area contributed by atoms with Gasteiger partial charge in [-0.3, -0.25) is 4.79 Å². The molecule has 0 aliphatic carbocycles. The van der Waals surface area contributed by atoms with E-state index in [1.165, 1.54) is 5.56 Å². The summed E-state index contributed by atoms with van der Waals surface area (Å²) in [5.41, 5.74) is 3.04. The lowest BCUT2D eigenvalue weighted by Gasteiger charge is -2.06. The molecule has 1 aromatic heterocycles. The van der Waals surface area contributed by atoms with Gasteiger partial charge < -0.3 is 9.73 Å². The Morgan fingerprint density at radius 1 is 1.22 bits per heavy atom. The zero-order valence-corrected chi connectivity index (χ0v) is 10.7. The molecule has 3 nitrogen and oxygen atoms in total. The fourth-order valence-electron chi connectivity index (χ4n) is 1.74. The first kappa shape index (κ1) is 12.4. The minimum Gasteiger partial charge on any atom is -0.469 e. The maximum absolute atomic E-state index is 11.9. The molecule has 1 aromatic carbocycles. The highest BCUT2D eigenvalue weighted by atomic mass is 16.3. The second-order valence-electron chi connectivity index (χ2n) is 4.38. The largest absolute Gasteiger partial charge is 0.469 e. The second kappa shape index (κ2) is 5.54. The average Bonchev–Trinajstić information content (AvgIpc) is 2.85. The summed E-state index contributed by atoms with van der Waals surface area (Å²) in [6.45, 7) is 4.63. The standard InChI is InChI=1S/C15H17NO2/c1-11-5-6-13(10-12(11)2)15(17)16-8-7-14-4-3-9-18-14/h3-6,9-10H,7-8H2,1-2H3,(H,16,17). The van der Waals surface area contributed by atoms with Gasteiger partial charge in [0.1, 0.15) is 5.76 Å². The van der Waals surface area contributed by atoms with E-state index in [0.29, 0.717) is 18.5 Å². The summed E-state index contributed by atoms with van der Waals surface area (Å²) in [5, 5.41) is 2.88. The van der Waals surface area contributed by atoms with Crippen LogP contribution >= 0.6 is 0 Å². The van der Waals surface area contributed by atoms with Crippen LogP contribution in [0.4, 0.5) is 0 Å². The van der Waals surface area contributed by atoms with Crippen LogP contribution in [0, 0.1) is 13.8 Å². The Balaban J connectivity index is 1.89. The number of amides is 1. The van der Waals surface area contributed by atoms with Crippen molar-refractivity contribution in [3.05, 3.63) is 59.0 Å². The lowest BCUT2D eigenvalue weighted by molar-refractivity contribution is 0.0953. The van der Waals surface area contributed by atoms with Gasteiger partial charge >= 0.3 is 0 Å². The molecule has 0 spiro atoms. The molecule has 2 aromatic rings. The van der Waals surface area contributed by atoms with Crippen molar-refractivity contribution in [3.8, 4) is 0 Å². The third kappa shape index (κ3) is 3.00. The van der Waals surface area contributed by atoms with E-state index in [1.54, 1.807) is 6.26 Å². The molecule has 94 valence electrons. The number of hydrogen-bond donors (Lipinski definition) is 1. The quantitative estimate of drug-likeness (QED) is 0.897. The molecule has 0 saturated carbocycles. The van der Waals surface area contributed by atoms with Crippen molar-refractivity contribution in [2.45, 2.75) is 20.3 Å². The fraction of sp³-hybridized carbons (Fsp3) is 0.267. The summed E-state index contributed by atoms with van der Waals surface area (Å²) in [5.74, 6) is 0.847. The highest BCUT2D eigenvalue weighted by Gasteiger charge is 2.06. The van der Waals surface area contributed by atoms with Gasteiger partial charge in [-0.25, -0.2) is 0 Å². The first-order chi connectivity index (χ1) is 8.66. The minimum atomic E-state index is -0.0374. The third-order valence-corrected chi connectivity index (χ3v) is 3.01. The predicted octanol–water partition coefficient (Wildman–Crippen LogP) is 2.87. The molecule has 0 aliphatic rings. The molecule has 0 atom stereocenters. The Kier molecular flexibility index (Phi) is 3.82. The predicted molar refractivity (Wildman–Crippen MR) is 70.7 cm³/mol. The molecule has 0 radical (unpaired) electrons. The van der Waals surface area contributed by atoms with Gasteiger partial charge in [-0.1, -0.05) is 6.07 Å². The van der Waals surface area contributed by atoms with Gasteiger partial charge in [0.2, 0.25) is 0 Å². The molecule has 3 heteroatoms. The second-order valence-corrected chi connectivity index (χ2v) is 4.38. The summed E-state index contributed by atoms with van der Waals surface area (Å²) >= 11 is 0. The number of furan rings is 1. The minimum absolute atomic E-state index is 0.0374. The molecule has 1 amide bonds. The van der Waals surface area contributed by atoms with Crippen LogP contribution in [-0.4, -0.2) is 12.5 Å². The summed E-state index contributed by atoms with van der Waals surface area (Å²) in [4.78, 5) is 11.9. The number of nitrogens with one attached hydrogen (secondary N) is 1. The topological polar surface area (TPSA) is 42.2 Å². The van der Waals surface area contributed by atoms with E-state index in [9.17, 15) is 4.79 Å². The van der Waals surface area contributed by atoms with Crippen molar-refractivity contribution in [2.75, 3.05) is 6.54 Å². The molecule has 0 aliphatic heterocycles.